The van der Waals surface area contributed by atoms with Gasteiger partial charge in [0.1, 0.15) is 5.82 Å². The lowest BCUT2D eigenvalue weighted by atomic mass is 9.82. The average molecular weight is 460 g/mol. The molecule has 0 saturated carbocycles. The molecule has 3 N–H and O–H groups in total. The van der Waals surface area contributed by atoms with Crippen LogP contribution in [0.3, 0.4) is 0 Å². The molecule has 1 aromatic carbocycles. The third-order valence-electron chi connectivity index (χ3n) is 6.29. The molecule has 1 aliphatic rings. The van der Waals surface area contributed by atoms with E-state index >= 15 is 0 Å². The number of aromatic nitrogens is 3. The zero-order chi connectivity index (χ0) is 24.3. The summed E-state index contributed by atoms with van der Waals surface area (Å²) < 4.78 is 0. The number of pyridine rings is 1. The third kappa shape index (κ3) is 4.54. The molecule has 4 rings (SSSR count). The second kappa shape index (κ2) is 9.46. The number of rotatable bonds is 7. The number of benzene rings is 1. The van der Waals surface area contributed by atoms with Crippen LogP contribution in [0.4, 0.5) is 23.1 Å². The lowest BCUT2D eigenvalue weighted by molar-refractivity contribution is -0.116. The van der Waals surface area contributed by atoms with Gasteiger partial charge in [-0.15, -0.1) is 0 Å². The maximum Gasteiger partial charge on any atom is 0.259 e. The second-order valence-electron chi connectivity index (χ2n) is 8.58. The molecule has 1 aliphatic heterocycles. The largest absolute Gasteiger partial charge is 0.364 e. The summed E-state index contributed by atoms with van der Waals surface area (Å²) in [7, 11) is 1.76. The minimum Gasteiger partial charge on any atom is -0.364 e. The zero-order valence-corrected chi connectivity index (χ0v) is 19.8. The van der Waals surface area contributed by atoms with E-state index in [4.69, 9.17) is 0 Å². The van der Waals surface area contributed by atoms with Crippen LogP contribution in [-0.2, 0) is 16.8 Å². The Morgan fingerprint density at radius 1 is 1.15 bits per heavy atom. The van der Waals surface area contributed by atoms with Crippen molar-refractivity contribution in [2.75, 3.05) is 34.4 Å². The highest BCUT2D eigenvalue weighted by molar-refractivity contribution is 6.08. The van der Waals surface area contributed by atoms with Crippen LogP contribution in [-0.4, -0.2) is 40.4 Å². The maximum absolute atomic E-state index is 13.1. The van der Waals surface area contributed by atoms with Crippen molar-refractivity contribution in [2.24, 2.45) is 0 Å². The van der Waals surface area contributed by atoms with Crippen LogP contribution in [0.15, 0.2) is 48.8 Å². The molecule has 0 spiro atoms. The smallest absolute Gasteiger partial charge is 0.259 e. The molecule has 176 valence electrons. The molecule has 0 radical (unpaired) electrons. The lowest BCUT2D eigenvalue weighted by Crippen LogP contribution is -2.33. The Hall–Kier alpha value is -4.01. The van der Waals surface area contributed by atoms with E-state index in [1.54, 1.807) is 49.5 Å². The maximum atomic E-state index is 13.1. The molecule has 2 aromatic heterocycles. The van der Waals surface area contributed by atoms with Crippen molar-refractivity contribution < 1.29 is 9.59 Å². The Bertz CT molecular complexity index is 1230. The van der Waals surface area contributed by atoms with Gasteiger partial charge in [0.05, 0.1) is 17.8 Å². The summed E-state index contributed by atoms with van der Waals surface area (Å²) in [5.74, 6) is 0.676. The minimum absolute atomic E-state index is 0.00759. The predicted octanol–water partition coefficient (Wildman–Crippen LogP) is 3.81. The van der Waals surface area contributed by atoms with E-state index < -0.39 is 0 Å². The van der Waals surface area contributed by atoms with Crippen molar-refractivity contribution >= 4 is 35.0 Å². The van der Waals surface area contributed by atoms with E-state index in [0.717, 1.165) is 23.4 Å². The Kier molecular flexibility index (Phi) is 6.45. The van der Waals surface area contributed by atoms with Gasteiger partial charge < -0.3 is 20.9 Å². The predicted molar refractivity (Wildman–Crippen MR) is 133 cm³/mol. The van der Waals surface area contributed by atoms with Gasteiger partial charge in [-0.25, -0.2) is 15.0 Å². The van der Waals surface area contributed by atoms with Gasteiger partial charge in [0.2, 0.25) is 11.9 Å². The highest BCUT2D eigenvalue weighted by Crippen LogP contribution is 2.44. The van der Waals surface area contributed by atoms with Crippen molar-refractivity contribution in [1.29, 1.82) is 0 Å². The molecule has 34 heavy (non-hydrogen) atoms. The van der Waals surface area contributed by atoms with Crippen LogP contribution >= 0.6 is 0 Å². The number of carbonyl (C=O) groups excluding carboxylic acids is 2. The third-order valence-corrected chi connectivity index (χ3v) is 6.29. The van der Waals surface area contributed by atoms with Crippen molar-refractivity contribution in [3.05, 3.63) is 65.6 Å². The van der Waals surface area contributed by atoms with Crippen LogP contribution in [0, 0.1) is 0 Å². The van der Waals surface area contributed by atoms with Crippen molar-refractivity contribution in [3.8, 4) is 0 Å². The molecule has 0 saturated heterocycles. The molecule has 3 aromatic rings. The molecule has 1 atom stereocenters. The van der Waals surface area contributed by atoms with Gasteiger partial charge in [0.25, 0.3) is 5.91 Å². The number of hydrogen-bond donors (Lipinski definition) is 3. The molecule has 0 fully saturated rings. The molecule has 0 aliphatic carbocycles. The van der Waals surface area contributed by atoms with Crippen LogP contribution in [0.5, 0.6) is 0 Å². The van der Waals surface area contributed by atoms with Gasteiger partial charge >= 0.3 is 0 Å². The van der Waals surface area contributed by atoms with Crippen LogP contribution in [0.1, 0.15) is 48.8 Å². The summed E-state index contributed by atoms with van der Waals surface area (Å²) in [5.41, 5.74) is 3.67. The molecule has 9 heteroatoms. The van der Waals surface area contributed by atoms with Crippen LogP contribution in [0.2, 0.25) is 0 Å². The van der Waals surface area contributed by atoms with E-state index in [9.17, 15) is 9.59 Å². The number of nitrogens with zero attached hydrogens (tertiary/aromatic N) is 4. The Labute approximate surface area is 199 Å². The minimum atomic E-state index is -0.292. The molecule has 9 nitrogen and oxygen atoms in total. The van der Waals surface area contributed by atoms with Crippen LogP contribution < -0.4 is 20.9 Å². The van der Waals surface area contributed by atoms with E-state index in [2.05, 4.69) is 44.7 Å². The van der Waals surface area contributed by atoms with Gasteiger partial charge in [-0.3, -0.25) is 9.59 Å². The Morgan fingerprint density at radius 3 is 2.71 bits per heavy atom. The number of fused-ring (bicyclic) bond motifs is 1. The van der Waals surface area contributed by atoms with Crippen molar-refractivity contribution in [3.63, 3.8) is 0 Å². The van der Waals surface area contributed by atoms with Crippen molar-refractivity contribution in [2.45, 2.75) is 39.2 Å². The van der Waals surface area contributed by atoms with E-state index in [-0.39, 0.29) is 17.2 Å². The first kappa shape index (κ1) is 23.2. The van der Waals surface area contributed by atoms with E-state index in [0.29, 0.717) is 36.1 Å². The Morgan fingerprint density at radius 2 is 1.97 bits per heavy atom. The summed E-state index contributed by atoms with van der Waals surface area (Å²) in [6.45, 7) is 6.89. The van der Waals surface area contributed by atoms with E-state index in [1.807, 2.05) is 18.2 Å². The fourth-order valence-corrected chi connectivity index (χ4v) is 4.16. The quantitative estimate of drug-likeness (QED) is 0.492. The van der Waals surface area contributed by atoms with Gasteiger partial charge in [0.15, 0.2) is 0 Å². The van der Waals surface area contributed by atoms with Gasteiger partial charge in [0, 0.05) is 49.7 Å². The van der Waals surface area contributed by atoms with Gasteiger partial charge in [-0.05, 0) is 42.3 Å². The fraction of sp³-hybridized carbons (Fsp3) is 0.320. The number of carbonyl (C=O) groups is 2. The van der Waals surface area contributed by atoms with Crippen LogP contribution in [0.25, 0.3) is 0 Å². The second-order valence-corrected chi connectivity index (χ2v) is 8.58. The molecule has 0 bridgehead atoms. The zero-order valence-electron chi connectivity index (χ0n) is 19.8. The van der Waals surface area contributed by atoms with Crippen molar-refractivity contribution in [1.82, 2.24) is 15.0 Å². The Balaban J connectivity index is 1.54. The molecule has 2 amide bonds. The van der Waals surface area contributed by atoms with Gasteiger partial charge in [-0.2, -0.15) is 0 Å². The van der Waals surface area contributed by atoms with Gasteiger partial charge in [-0.1, -0.05) is 19.9 Å². The highest BCUT2D eigenvalue weighted by atomic mass is 16.2. The number of amides is 2. The summed E-state index contributed by atoms with van der Waals surface area (Å²) >= 11 is 0. The summed E-state index contributed by atoms with van der Waals surface area (Å²) in [5, 5.41) is 9.05. The number of nitrogens with one attached hydrogen (secondary N) is 3. The standard InChI is InChI=1S/C25H29N7O2/c1-5-25(3)15-32(16(2)33)21-13-17(8-9-20(21)25)30-23(34)19-7-6-11-27-22(19)29-14-18-10-12-28-24(26-4)31-18/h6-13H,5,14-15H2,1-4H3,(H,27,29)(H,30,34)(H,26,28,31). The molecular weight excluding hydrogens is 430 g/mol. The number of hydrogen-bond acceptors (Lipinski definition) is 7. The first-order valence-corrected chi connectivity index (χ1v) is 11.3. The topological polar surface area (TPSA) is 112 Å². The monoisotopic (exact) mass is 459 g/mol. The summed E-state index contributed by atoms with van der Waals surface area (Å²) in [6.07, 6.45) is 4.22. The van der Waals surface area contributed by atoms with E-state index in [1.165, 1.54) is 0 Å². The summed E-state index contributed by atoms with van der Waals surface area (Å²) in [4.78, 5) is 40.0. The SMILES string of the molecule is CCC1(C)CN(C(C)=O)c2cc(NC(=O)c3cccnc3NCc3ccnc(NC)n3)ccc21. The summed E-state index contributed by atoms with van der Waals surface area (Å²) in [6, 6.07) is 11.0. The highest BCUT2D eigenvalue weighted by Gasteiger charge is 2.39. The lowest BCUT2D eigenvalue weighted by Gasteiger charge is -2.23. The first-order valence-electron chi connectivity index (χ1n) is 11.3. The average Bonchev–Trinajstić information content (AvgIpc) is 3.16. The normalized spacial score (nSPS) is 16.6. The number of anilines is 4. The fourth-order valence-electron chi connectivity index (χ4n) is 4.16. The first-order chi connectivity index (χ1) is 16.3. The molecular formula is C25H29N7O2. The molecule has 3 heterocycles. The molecule has 1 unspecified atom stereocenters.